The molecule has 0 saturated carbocycles. The van der Waals surface area contributed by atoms with Gasteiger partial charge in [0.05, 0.1) is 6.20 Å². The number of aryl methyl sites for hydroxylation is 1. The van der Waals surface area contributed by atoms with E-state index in [1.807, 2.05) is 37.7 Å². The van der Waals surface area contributed by atoms with Crippen molar-refractivity contribution < 1.29 is 18.7 Å². The number of ketones is 1. The monoisotopic (exact) mass is 415 g/mol. The Morgan fingerprint density at radius 1 is 1.21 bits per heavy atom. The van der Waals surface area contributed by atoms with Crippen LogP contribution in [0.2, 0.25) is 0 Å². The van der Waals surface area contributed by atoms with Crippen molar-refractivity contribution in [1.29, 1.82) is 0 Å². The third-order valence-electron chi connectivity index (χ3n) is 4.73. The molecule has 0 aliphatic carbocycles. The second-order valence-electron chi connectivity index (χ2n) is 6.47. The first-order valence-corrected chi connectivity index (χ1v) is 10.3. The Labute approximate surface area is 172 Å². The molecule has 3 aromatic rings. The number of carbonyl (C=O) groups is 2. The van der Waals surface area contributed by atoms with Crippen molar-refractivity contribution in [2.75, 3.05) is 12.9 Å². The van der Waals surface area contributed by atoms with Crippen molar-refractivity contribution in [1.82, 2.24) is 14.1 Å². The van der Waals surface area contributed by atoms with Crippen molar-refractivity contribution in [3.8, 4) is 5.69 Å². The van der Waals surface area contributed by atoms with E-state index in [1.54, 1.807) is 16.7 Å². The van der Waals surface area contributed by atoms with Gasteiger partial charge in [-0.3, -0.25) is 9.36 Å². The van der Waals surface area contributed by atoms with Gasteiger partial charge in [-0.2, -0.15) is 0 Å². The molecule has 0 spiro atoms. The van der Waals surface area contributed by atoms with Gasteiger partial charge in [0.25, 0.3) is 0 Å². The highest BCUT2D eigenvalue weighted by Crippen LogP contribution is 2.23. The third-order valence-corrected chi connectivity index (χ3v) is 5.38. The van der Waals surface area contributed by atoms with Crippen LogP contribution in [0.1, 0.15) is 39.2 Å². The van der Waals surface area contributed by atoms with Gasteiger partial charge < -0.3 is 9.30 Å². The summed E-state index contributed by atoms with van der Waals surface area (Å²) >= 11 is 1.34. The van der Waals surface area contributed by atoms with Crippen LogP contribution in [0.15, 0.2) is 41.7 Å². The predicted octanol–water partition coefficient (Wildman–Crippen LogP) is 4.21. The number of nitrogens with zero attached hydrogens (tertiary/aromatic N) is 3. The second-order valence-corrected chi connectivity index (χ2v) is 7.24. The van der Waals surface area contributed by atoms with E-state index in [1.165, 1.54) is 30.1 Å². The van der Waals surface area contributed by atoms with E-state index in [0.29, 0.717) is 16.4 Å². The molecule has 0 N–H and O–H groups in total. The lowest BCUT2D eigenvalue weighted by atomic mass is 10.1. The van der Waals surface area contributed by atoms with E-state index in [2.05, 4.69) is 4.98 Å². The van der Waals surface area contributed by atoms with Crippen molar-refractivity contribution in [2.24, 2.45) is 0 Å². The zero-order chi connectivity index (χ0) is 21.1. The molecule has 0 unspecified atom stereocenters. The zero-order valence-electron chi connectivity index (χ0n) is 16.7. The molecule has 0 saturated heterocycles. The van der Waals surface area contributed by atoms with Crippen molar-refractivity contribution in [2.45, 2.75) is 32.5 Å². The van der Waals surface area contributed by atoms with Gasteiger partial charge in [-0.15, -0.1) is 0 Å². The highest BCUT2D eigenvalue weighted by Gasteiger charge is 2.22. The summed E-state index contributed by atoms with van der Waals surface area (Å²) in [5.41, 5.74) is 3.14. The average molecular weight is 415 g/mol. The number of thioether (sulfide) groups is 1. The van der Waals surface area contributed by atoms with Gasteiger partial charge in [-0.25, -0.2) is 14.2 Å². The molecule has 2 aromatic heterocycles. The number of hydrogen-bond acceptors (Lipinski definition) is 5. The molecule has 0 atom stereocenters. The van der Waals surface area contributed by atoms with E-state index >= 15 is 0 Å². The van der Waals surface area contributed by atoms with Gasteiger partial charge in [-0.1, -0.05) is 11.8 Å². The highest BCUT2D eigenvalue weighted by atomic mass is 32.2. The smallest absolute Gasteiger partial charge is 0.357 e. The van der Waals surface area contributed by atoms with Crippen LogP contribution >= 0.6 is 11.8 Å². The molecule has 0 bridgehead atoms. The molecular formula is C21H22FN3O3S. The molecule has 29 heavy (non-hydrogen) atoms. The minimum absolute atomic E-state index is 0.174. The van der Waals surface area contributed by atoms with Crippen molar-refractivity contribution >= 4 is 23.5 Å². The first-order valence-electron chi connectivity index (χ1n) is 9.12. The quantitative estimate of drug-likeness (QED) is 0.329. The molecule has 6 nitrogen and oxygen atoms in total. The molecule has 0 amide bonds. The minimum Gasteiger partial charge on any atom is -0.453 e. The number of benzene rings is 1. The fourth-order valence-corrected chi connectivity index (χ4v) is 3.86. The SMILES string of the molecule is CCn1c(C)cc(C(=O)COC(=O)c2cnc(SC)n2-c2ccc(F)cc2)c1C. The van der Waals surface area contributed by atoms with Crippen LogP contribution in [0.3, 0.4) is 0 Å². The fraction of sp³-hybridized carbons (Fsp3) is 0.286. The third kappa shape index (κ3) is 4.12. The van der Waals surface area contributed by atoms with E-state index in [9.17, 15) is 14.0 Å². The minimum atomic E-state index is -0.667. The van der Waals surface area contributed by atoms with E-state index in [-0.39, 0.29) is 23.9 Å². The maximum Gasteiger partial charge on any atom is 0.357 e. The van der Waals surface area contributed by atoms with Gasteiger partial charge in [-0.05, 0) is 57.4 Å². The summed E-state index contributed by atoms with van der Waals surface area (Å²) < 4.78 is 22.2. The number of esters is 1. The summed E-state index contributed by atoms with van der Waals surface area (Å²) in [6, 6.07) is 7.53. The zero-order valence-corrected chi connectivity index (χ0v) is 17.5. The van der Waals surface area contributed by atoms with Crippen molar-refractivity contribution in [3.05, 3.63) is 65.0 Å². The Morgan fingerprint density at radius 2 is 1.90 bits per heavy atom. The van der Waals surface area contributed by atoms with Gasteiger partial charge in [0.2, 0.25) is 5.78 Å². The molecule has 0 aliphatic heterocycles. The lowest BCUT2D eigenvalue weighted by Gasteiger charge is -2.11. The molecule has 3 rings (SSSR count). The summed E-state index contributed by atoms with van der Waals surface area (Å²) in [5.74, 6) is -1.30. The molecule has 8 heteroatoms. The molecule has 1 aromatic carbocycles. The van der Waals surface area contributed by atoms with Crippen LogP contribution in [0.4, 0.5) is 4.39 Å². The largest absolute Gasteiger partial charge is 0.453 e. The van der Waals surface area contributed by atoms with E-state index in [0.717, 1.165) is 17.9 Å². The number of carbonyl (C=O) groups excluding carboxylic acids is 2. The number of ether oxygens (including phenoxy) is 1. The van der Waals surface area contributed by atoms with Gasteiger partial charge in [0.1, 0.15) is 5.82 Å². The van der Waals surface area contributed by atoms with Crippen LogP contribution in [-0.2, 0) is 11.3 Å². The van der Waals surface area contributed by atoms with Crippen molar-refractivity contribution in [3.63, 3.8) is 0 Å². The second kappa shape index (κ2) is 8.65. The van der Waals surface area contributed by atoms with Gasteiger partial charge >= 0.3 is 5.97 Å². The van der Waals surface area contributed by atoms with Gasteiger partial charge in [0, 0.05) is 29.2 Å². The summed E-state index contributed by atoms with van der Waals surface area (Å²) in [7, 11) is 0. The average Bonchev–Trinajstić information content (AvgIpc) is 3.27. The number of rotatable bonds is 7. The van der Waals surface area contributed by atoms with Crippen LogP contribution < -0.4 is 0 Å². The molecule has 0 aliphatic rings. The normalized spacial score (nSPS) is 10.9. The number of Topliss-reactive ketones (excluding diaryl/α,β-unsaturated/α-hetero) is 1. The molecule has 0 fully saturated rings. The van der Waals surface area contributed by atoms with E-state index < -0.39 is 5.97 Å². The maximum absolute atomic E-state index is 13.3. The Morgan fingerprint density at radius 3 is 2.48 bits per heavy atom. The molecule has 152 valence electrons. The number of hydrogen-bond donors (Lipinski definition) is 0. The van der Waals surface area contributed by atoms with Crippen LogP contribution in [-0.4, -0.2) is 38.7 Å². The highest BCUT2D eigenvalue weighted by molar-refractivity contribution is 7.98. The van der Waals surface area contributed by atoms with Crippen LogP contribution in [0, 0.1) is 19.7 Å². The Hall–Kier alpha value is -2.87. The number of halogens is 1. The molecule has 0 radical (unpaired) electrons. The summed E-state index contributed by atoms with van der Waals surface area (Å²) in [4.78, 5) is 29.5. The Kier molecular flexibility index (Phi) is 6.22. The standard InChI is InChI=1S/C21H22FN3O3S/c1-5-24-13(2)10-17(14(24)3)19(26)12-28-20(27)18-11-23-21(29-4)25(18)16-8-6-15(22)7-9-16/h6-11H,5,12H2,1-4H3. The lowest BCUT2D eigenvalue weighted by Crippen LogP contribution is -2.17. The topological polar surface area (TPSA) is 66.1 Å². The van der Waals surface area contributed by atoms with E-state index in [4.69, 9.17) is 4.74 Å². The number of aromatic nitrogens is 3. The summed E-state index contributed by atoms with van der Waals surface area (Å²) in [6.45, 7) is 6.22. The van der Waals surface area contributed by atoms with Crippen LogP contribution in [0.5, 0.6) is 0 Å². The molecular weight excluding hydrogens is 393 g/mol. The number of imidazole rings is 1. The Balaban J connectivity index is 1.80. The predicted molar refractivity (Wildman–Crippen MR) is 109 cm³/mol. The first-order chi connectivity index (χ1) is 13.9. The summed E-state index contributed by atoms with van der Waals surface area (Å²) in [6.07, 6.45) is 3.22. The van der Waals surface area contributed by atoms with Crippen LogP contribution in [0.25, 0.3) is 5.69 Å². The maximum atomic E-state index is 13.3. The first kappa shape index (κ1) is 20.9. The van der Waals surface area contributed by atoms with Gasteiger partial charge in [0.15, 0.2) is 17.5 Å². The molecule has 2 heterocycles. The summed E-state index contributed by atoms with van der Waals surface area (Å²) in [5, 5.41) is 0.557. The fourth-order valence-electron chi connectivity index (χ4n) is 3.32. The Bertz CT molecular complexity index is 1050. The lowest BCUT2D eigenvalue weighted by molar-refractivity contribution is 0.0466.